The maximum Gasteiger partial charge on any atom is 0.300 e. The minimum absolute atomic E-state index is 0.0640. The molecule has 0 unspecified atom stereocenters. The zero-order valence-electron chi connectivity index (χ0n) is 14.7. The van der Waals surface area contributed by atoms with E-state index in [0.717, 1.165) is 18.4 Å². The van der Waals surface area contributed by atoms with Crippen molar-refractivity contribution in [2.24, 2.45) is 0 Å². The molecule has 0 saturated heterocycles. The van der Waals surface area contributed by atoms with E-state index in [2.05, 4.69) is 0 Å². The fourth-order valence-corrected chi connectivity index (χ4v) is 4.26. The highest BCUT2D eigenvalue weighted by atomic mass is 32.2. The molecule has 0 atom stereocenters. The summed E-state index contributed by atoms with van der Waals surface area (Å²) in [4.78, 5) is 12.2. The van der Waals surface area contributed by atoms with E-state index in [9.17, 15) is 13.2 Å². The van der Waals surface area contributed by atoms with Crippen LogP contribution in [0.5, 0.6) is 0 Å². The molecular weight excluding hydrogens is 354 g/mol. The summed E-state index contributed by atoms with van der Waals surface area (Å²) in [5.74, 6) is 0.0764. The van der Waals surface area contributed by atoms with Gasteiger partial charge < -0.3 is 9.15 Å². The Bertz CT molecular complexity index is 848. The van der Waals surface area contributed by atoms with Crippen LogP contribution >= 0.6 is 0 Å². The van der Waals surface area contributed by atoms with Gasteiger partial charge in [-0.1, -0.05) is 31.4 Å². The van der Waals surface area contributed by atoms with E-state index in [4.69, 9.17) is 9.15 Å². The SMILES string of the molecule is COCc1ccc(C(=O)NS(=O)(=O)c2ccc(C3CCCCC3)cc2)o1. The first-order valence-electron chi connectivity index (χ1n) is 8.74. The molecular formula is C19H23NO5S. The number of hydrogen-bond acceptors (Lipinski definition) is 5. The lowest BCUT2D eigenvalue weighted by atomic mass is 9.84. The molecule has 140 valence electrons. The molecule has 0 aliphatic heterocycles. The van der Waals surface area contributed by atoms with Crippen molar-refractivity contribution in [2.45, 2.75) is 49.5 Å². The predicted octanol–water partition coefficient (Wildman–Crippen LogP) is 3.59. The number of carbonyl (C=O) groups excluding carboxylic acids is 1. The number of benzene rings is 1. The zero-order valence-corrected chi connectivity index (χ0v) is 15.6. The molecule has 0 radical (unpaired) electrons. The van der Waals surface area contributed by atoms with Crippen LogP contribution in [0.15, 0.2) is 45.7 Å². The van der Waals surface area contributed by atoms with Gasteiger partial charge in [-0.15, -0.1) is 0 Å². The number of carbonyl (C=O) groups is 1. The summed E-state index contributed by atoms with van der Waals surface area (Å²) in [6.45, 7) is 0.211. The van der Waals surface area contributed by atoms with Gasteiger partial charge in [-0.2, -0.15) is 0 Å². The molecule has 1 heterocycles. The van der Waals surface area contributed by atoms with Crippen LogP contribution in [0.3, 0.4) is 0 Å². The molecule has 2 aromatic rings. The zero-order chi connectivity index (χ0) is 18.6. The minimum atomic E-state index is -3.95. The van der Waals surface area contributed by atoms with Crippen molar-refractivity contribution >= 4 is 15.9 Å². The van der Waals surface area contributed by atoms with Gasteiger partial charge in [-0.05, 0) is 48.6 Å². The standard InChI is InChI=1S/C19H23NO5S/c1-24-13-16-9-12-18(25-16)19(21)20-26(22,23)17-10-7-15(8-11-17)14-5-3-2-4-6-14/h7-12,14H,2-6,13H2,1H3,(H,20,21). The predicted molar refractivity (Wildman–Crippen MR) is 96.3 cm³/mol. The molecule has 0 bridgehead atoms. The van der Waals surface area contributed by atoms with Crippen molar-refractivity contribution in [3.05, 3.63) is 53.5 Å². The third-order valence-electron chi connectivity index (χ3n) is 4.67. The molecule has 1 aromatic carbocycles. The number of nitrogens with one attached hydrogen (secondary N) is 1. The lowest BCUT2D eigenvalue weighted by Gasteiger charge is -2.22. The topological polar surface area (TPSA) is 85.6 Å². The van der Waals surface area contributed by atoms with Gasteiger partial charge in [0.05, 0.1) is 4.90 Å². The van der Waals surface area contributed by atoms with E-state index in [0.29, 0.717) is 11.7 Å². The Hall–Kier alpha value is -2.12. The Balaban J connectivity index is 1.69. The highest BCUT2D eigenvalue weighted by Crippen LogP contribution is 2.32. The van der Waals surface area contributed by atoms with Crippen molar-refractivity contribution in [1.29, 1.82) is 0 Å². The molecule has 1 saturated carbocycles. The molecule has 7 heteroatoms. The van der Waals surface area contributed by atoms with Crippen molar-refractivity contribution in [2.75, 3.05) is 7.11 Å². The summed E-state index contributed by atoms with van der Waals surface area (Å²) in [6.07, 6.45) is 5.99. The second-order valence-corrected chi connectivity index (χ2v) is 8.22. The third kappa shape index (κ3) is 4.34. The lowest BCUT2D eigenvalue weighted by molar-refractivity contribution is 0.0945. The van der Waals surface area contributed by atoms with Crippen molar-refractivity contribution in [1.82, 2.24) is 4.72 Å². The Morgan fingerprint density at radius 1 is 1.12 bits per heavy atom. The molecule has 26 heavy (non-hydrogen) atoms. The number of hydrogen-bond donors (Lipinski definition) is 1. The van der Waals surface area contributed by atoms with Gasteiger partial charge in [0.15, 0.2) is 5.76 Å². The number of rotatable bonds is 6. The second-order valence-electron chi connectivity index (χ2n) is 6.54. The number of furan rings is 1. The van der Waals surface area contributed by atoms with E-state index in [-0.39, 0.29) is 17.3 Å². The van der Waals surface area contributed by atoms with Crippen LogP contribution in [-0.2, 0) is 21.4 Å². The monoisotopic (exact) mass is 377 g/mol. The summed E-state index contributed by atoms with van der Waals surface area (Å²) < 4.78 is 37.1. The van der Waals surface area contributed by atoms with E-state index >= 15 is 0 Å². The molecule has 3 rings (SSSR count). The van der Waals surface area contributed by atoms with Crippen molar-refractivity contribution in [3.63, 3.8) is 0 Å². The fourth-order valence-electron chi connectivity index (χ4n) is 3.31. The third-order valence-corrected chi connectivity index (χ3v) is 6.01. The van der Waals surface area contributed by atoms with Gasteiger partial charge >= 0.3 is 5.91 Å². The first-order valence-corrected chi connectivity index (χ1v) is 10.2. The highest BCUT2D eigenvalue weighted by Gasteiger charge is 2.22. The molecule has 6 nitrogen and oxygen atoms in total. The highest BCUT2D eigenvalue weighted by molar-refractivity contribution is 7.90. The molecule has 1 N–H and O–H groups in total. The largest absolute Gasteiger partial charge is 0.453 e. The molecule has 1 aliphatic rings. The summed E-state index contributed by atoms with van der Waals surface area (Å²) in [6, 6.07) is 9.79. The average Bonchev–Trinajstić information content (AvgIpc) is 3.11. The van der Waals surface area contributed by atoms with Gasteiger partial charge in [0.1, 0.15) is 12.4 Å². The first kappa shape index (κ1) is 18.7. The molecule has 1 aliphatic carbocycles. The minimum Gasteiger partial charge on any atom is -0.453 e. The smallest absolute Gasteiger partial charge is 0.300 e. The van der Waals surface area contributed by atoms with Gasteiger partial charge in [-0.3, -0.25) is 4.79 Å². The Labute approximate surface area is 153 Å². The summed E-state index contributed by atoms with van der Waals surface area (Å²) in [5.41, 5.74) is 1.16. The Kier molecular flexibility index (Phi) is 5.78. The number of methoxy groups -OCH3 is 1. The second kappa shape index (κ2) is 8.05. The number of ether oxygens (including phenoxy) is 1. The van der Waals surface area contributed by atoms with E-state index in [1.165, 1.54) is 32.4 Å². The van der Waals surface area contributed by atoms with E-state index in [1.807, 2.05) is 16.9 Å². The van der Waals surface area contributed by atoms with E-state index < -0.39 is 15.9 Å². The number of amides is 1. The van der Waals surface area contributed by atoms with Crippen LogP contribution in [0, 0.1) is 0 Å². The van der Waals surface area contributed by atoms with Crippen molar-refractivity contribution < 1.29 is 22.4 Å². The fraction of sp³-hybridized carbons (Fsp3) is 0.421. The lowest BCUT2D eigenvalue weighted by Crippen LogP contribution is -2.30. The van der Waals surface area contributed by atoms with Gasteiger partial charge in [0.25, 0.3) is 10.0 Å². The van der Waals surface area contributed by atoms with Gasteiger partial charge in [0.2, 0.25) is 0 Å². The van der Waals surface area contributed by atoms with Gasteiger partial charge in [0, 0.05) is 7.11 Å². The van der Waals surface area contributed by atoms with Crippen LogP contribution in [0.25, 0.3) is 0 Å². The first-order chi connectivity index (χ1) is 12.5. The number of sulfonamides is 1. The van der Waals surface area contributed by atoms with Gasteiger partial charge in [-0.25, -0.2) is 13.1 Å². The summed E-state index contributed by atoms with van der Waals surface area (Å²) in [7, 11) is -2.45. The van der Waals surface area contributed by atoms with Crippen LogP contribution in [0.1, 0.15) is 59.9 Å². The van der Waals surface area contributed by atoms with Crippen LogP contribution in [0.2, 0.25) is 0 Å². The quantitative estimate of drug-likeness (QED) is 0.831. The molecule has 1 amide bonds. The average molecular weight is 377 g/mol. The Morgan fingerprint density at radius 3 is 2.46 bits per heavy atom. The summed E-state index contributed by atoms with van der Waals surface area (Å²) in [5, 5.41) is 0. The van der Waals surface area contributed by atoms with E-state index in [1.54, 1.807) is 18.2 Å². The normalized spacial score (nSPS) is 15.7. The van der Waals surface area contributed by atoms with Crippen LogP contribution in [-0.4, -0.2) is 21.4 Å². The summed E-state index contributed by atoms with van der Waals surface area (Å²) >= 11 is 0. The van der Waals surface area contributed by atoms with Crippen molar-refractivity contribution in [3.8, 4) is 0 Å². The maximum atomic E-state index is 12.4. The molecule has 1 fully saturated rings. The Morgan fingerprint density at radius 2 is 1.81 bits per heavy atom. The molecule has 1 aromatic heterocycles. The van der Waals surface area contributed by atoms with Crippen LogP contribution < -0.4 is 4.72 Å². The maximum absolute atomic E-state index is 12.4. The molecule has 0 spiro atoms. The van der Waals surface area contributed by atoms with Crippen LogP contribution in [0.4, 0.5) is 0 Å².